The topological polar surface area (TPSA) is 79.8 Å². The summed E-state index contributed by atoms with van der Waals surface area (Å²) in [5, 5.41) is 1.44. The molecule has 0 aliphatic rings. The van der Waals surface area contributed by atoms with Crippen LogP contribution >= 0.6 is 0 Å². The molecule has 19 heavy (non-hydrogen) atoms. The second-order valence-electron chi connectivity index (χ2n) is 3.81. The molecule has 2 rings (SSSR count). The van der Waals surface area contributed by atoms with Gasteiger partial charge in [0.15, 0.2) is 0 Å². The van der Waals surface area contributed by atoms with Gasteiger partial charge in [-0.05, 0) is 16.8 Å². The highest BCUT2D eigenvalue weighted by Crippen LogP contribution is 2.23. The number of methoxy groups -OCH3 is 1. The standard InChI is InChI=1S/C14H10N2O3/c1-19-14(18)13-10-5-3-2-4-9(10)6-7-11(13)12(17)8-16-15/h2-8H,1H3. The van der Waals surface area contributed by atoms with E-state index in [2.05, 4.69) is 4.79 Å². The van der Waals surface area contributed by atoms with Crippen LogP contribution < -0.4 is 0 Å². The number of Topliss-reactive ketones (excluding diaryl/α,β-unsaturated/α-hetero) is 1. The Morgan fingerprint density at radius 2 is 1.95 bits per heavy atom. The first kappa shape index (κ1) is 12.7. The molecule has 0 saturated heterocycles. The van der Waals surface area contributed by atoms with Gasteiger partial charge < -0.3 is 10.3 Å². The van der Waals surface area contributed by atoms with E-state index in [1.165, 1.54) is 13.2 Å². The van der Waals surface area contributed by atoms with E-state index in [4.69, 9.17) is 10.3 Å². The van der Waals surface area contributed by atoms with Gasteiger partial charge in [-0.3, -0.25) is 4.79 Å². The van der Waals surface area contributed by atoms with Crippen LogP contribution in [0, 0.1) is 0 Å². The van der Waals surface area contributed by atoms with E-state index in [-0.39, 0.29) is 11.1 Å². The monoisotopic (exact) mass is 254 g/mol. The molecule has 0 heterocycles. The van der Waals surface area contributed by atoms with E-state index in [0.29, 0.717) is 5.39 Å². The Morgan fingerprint density at radius 1 is 1.21 bits per heavy atom. The fourth-order valence-corrected chi connectivity index (χ4v) is 1.92. The van der Waals surface area contributed by atoms with Gasteiger partial charge in [0, 0.05) is 5.56 Å². The molecule has 0 saturated carbocycles. The van der Waals surface area contributed by atoms with Gasteiger partial charge in [-0.1, -0.05) is 30.3 Å². The molecule has 0 aliphatic heterocycles. The summed E-state index contributed by atoms with van der Waals surface area (Å²) in [5.41, 5.74) is 8.74. The minimum absolute atomic E-state index is 0.142. The molecule has 0 N–H and O–H groups in total. The highest BCUT2D eigenvalue weighted by atomic mass is 16.5. The number of esters is 1. The van der Waals surface area contributed by atoms with Crippen molar-refractivity contribution in [2.45, 2.75) is 0 Å². The van der Waals surface area contributed by atoms with Crippen LogP contribution in [-0.2, 0) is 4.74 Å². The highest BCUT2D eigenvalue weighted by Gasteiger charge is 2.21. The quantitative estimate of drug-likeness (QED) is 0.276. The Balaban J connectivity index is 2.80. The Bertz CT molecular complexity index is 716. The van der Waals surface area contributed by atoms with Crippen molar-refractivity contribution < 1.29 is 19.1 Å². The zero-order chi connectivity index (χ0) is 13.8. The molecule has 0 amide bonds. The van der Waals surface area contributed by atoms with Gasteiger partial charge in [0.05, 0.1) is 12.7 Å². The summed E-state index contributed by atoms with van der Waals surface area (Å²) in [5.74, 6) is -1.17. The van der Waals surface area contributed by atoms with E-state index >= 15 is 0 Å². The predicted molar refractivity (Wildman–Crippen MR) is 69.3 cm³/mol. The molecule has 0 aliphatic carbocycles. The normalized spacial score (nSPS) is 9.74. The maximum absolute atomic E-state index is 11.9. The van der Waals surface area contributed by atoms with Gasteiger partial charge >= 0.3 is 12.2 Å². The minimum Gasteiger partial charge on any atom is -0.465 e. The highest BCUT2D eigenvalue weighted by molar-refractivity contribution is 6.36. The average Bonchev–Trinajstić information content (AvgIpc) is 2.45. The van der Waals surface area contributed by atoms with Crippen molar-refractivity contribution in [1.29, 1.82) is 0 Å². The van der Waals surface area contributed by atoms with Gasteiger partial charge in [0.1, 0.15) is 0 Å². The van der Waals surface area contributed by atoms with Crippen molar-refractivity contribution in [2.75, 3.05) is 7.11 Å². The summed E-state index contributed by atoms with van der Waals surface area (Å²) >= 11 is 0. The number of hydrogen-bond donors (Lipinski definition) is 0. The third-order valence-electron chi connectivity index (χ3n) is 2.76. The number of carbonyl (C=O) groups excluding carboxylic acids is 2. The molecule has 5 heteroatoms. The summed E-state index contributed by atoms with van der Waals surface area (Å²) < 4.78 is 4.72. The molecule has 0 aromatic heterocycles. The van der Waals surface area contributed by atoms with Crippen LogP contribution in [-0.4, -0.2) is 29.9 Å². The first-order valence-corrected chi connectivity index (χ1v) is 5.51. The zero-order valence-electron chi connectivity index (χ0n) is 10.2. The molecule has 0 bridgehead atoms. The maximum Gasteiger partial charge on any atom is 0.339 e. The average molecular weight is 254 g/mol. The van der Waals surface area contributed by atoms with Crippen molar-refractivity contribution in [1.82, 2.24) is 0 Å². The van der Waals surface area contributed by atoms with Gasteiger partial charge in [0.2, 0.25) is 0 Å². The van der Waals surface area contributed by atoms with Crippen molar-refractivity contribution in [3.05, 3.63) is 53.1 Å². The number of rotatable bonds is 3. The number of fused-ring (bicyclic) bond motifs is 1. The lowest BCUT2D eigenvalue weighted by atomic mass is 9.97. The summed E-state index contributed by atoms with van der Waals surface area (Å²) in [4.78, 5) is 26.4. The van der Waals surface area contributed by atoms with Crippen LogP contribution in [0.4, 0.5) is 0 Å². The summed E-state index contributed by atoms with van der Waals surface area (Å²) in [6, 6.07) is 10.4. The third kappa shape index (κ3) is 2.27. The van der Waals surface area contributed by atoms with Crippen LogP contribution in [0.5, 0.6) is 0 Å². The van der Waals surface area contributed by atoms with Gasteiger partial charge in [0.25, 0.3) is 5.78 Å². The molecule has 0 unspecified atom stereocenters. The molecule has 0 fully saturated rings. The number of hydrogen-bond acceptors (Lipinski definition) is 3. The minimum atomic E-state index is -0.605. The van der Waals surface area contributed by atoms with Crippen LogP contribution in [0.2, 0.25) is 0 Å². The number of nitrogens with zero attached hydrogens (tertiary/aromatic N) is 2. The van der Waals surface area contributed by atoms with Crippen molar-refractivity contribution in [3.8, 4) is 0 Å². The number of ketones is 1. The maximum atomic E-state index is 11.9. The van der Waals surface area contributed by atoms with E-state index < -0.39 is 11.8 Å². The Labute approximate surface area is 109 Å². The first-order chi connectivity index (χ1) is 9.19. The molecule has 0 spiro atoms. The van der Waals surface area contributed by atoms with E-state index in [0.717, 1.165) is 11.6 Å². The van der Waals surface area contributed by atoms with Crippen LogP contribution in [0.15, 0.2) is 36.4 Å². The summed E-state index contributed by atoms with van der Waals surface area (Å²) in [6.07, 6.45) is 0.747. The van der Waals surface area contributed by atoms with Crippen molar-refractivity contribution in [2.24, 2.45) is 0 Å². The second kappa shape index (κ2) is 5.25. The van der Waals surface area contributed by atoms with Crippen LogP contribution in [0.1, 0.15) is 20.7 Å². The SMILES string of the molecule is COC(=O)c1c(C(=O)C=[N+]=[N-])ccc2ccccc12. The first-order valence-electron chi connectivity index (χ1n) is 5.51. The van der Waals surface area contributed by atoms with E-state index in [1.807, 2.05) is 12.1 Å². The number of carbonyl (C=O) groups is 2. The molecule has 94 valence electrons. The van der Waals surface area contributed by atoms with E-state index in [9.17, 15) is 9.59 Å². The smallest absolute Gasteiger partial charge is 0.339 e. The Hall–Kier alpha value is -2.78. The summed E-state index contributed by atoms with van der Waals surface area (Å²) in [7, 11) is 1.25. The molecular formula is C14H10N2O3. The predicted octanol–water partition coefficient (Wildman–Crippen LogP) is 2.11. The molecule has 2 aromatic carbocycles. The van der Waals surface area contributed by atoms with Crippen molar-refractivity contribution >= 4 is 28.7 Å². The third-order valence-corrected chi connectivity index (χ3v) is 2.76. The molecule has 0 radical (unpaired) electrons. The Morgan fingerprint density at radius 3 is 2.63 bits per heavy atom. The fraction of sp³-hybridized carbons (Fsp3) is 0.0714. The fourth-order valence-electron chi connectivity index (χ4n) is 1.92. The van der Waals surface area contributed by atoms with Gasteiger partial charge in [-0.15, -0.1) is 0 Å². The van der Waals surface area contributed by atoms with Gasteiger partial charge in [-0.2, -0.15) is 4.79 Å². The molecular weight excluding hydrogens is 244 g/mol. The zero-order valence-corrected chi connectivity index (χ0v) is 10.2. The summed E-state index contributed by atoms with van der Waals surface area (Å²) in [6.45, 7) is 0. The van der Waals surface area contributed by atoms with Crippen molar-refractivity contribution in [3.63, 3.8) is 0 Å². The van der Waals surface area contributed by atoms with Crippen LogP contribution in [0.25, 0.3) is 16.3 Å². The van der Waals surface area contributed by atoms with Crippen LogP contribution in [0.3, 0.4) is 0 Å². The van der Waals surface area contributed by atoms with Gasteiger partial charge in [-0.25, -0.2) is 4.79 Å². The molecule has 2 aromatic rings. The Kier molecular flexibility index (Phi) is 3.50. The molecule has 5 nitrogen and oxygen atoms in total. The largest absolute Gasteiger partial charge is 0.465 e. The number of ether oxygens (including phenoxy) is 1. The second-order valence-corrected chi connectivity index (χ2v) is 3.81. The lowest BCUT2D eigenvalue weighted by molar-refractivity contribution is 0.00234. The number of benzene rings is 2. The lowest BCUT2D eigenvalue weighted by Crippen LogP contribution is -2.12. The lowest BCUT2D eigenvalue weighted by Gasteiger charge is -2.08. The van der Waals surface area contributed by atoms with E-state index in [1.54, 1.807) is 18.2 Å². The molecule has 0 atom stereocenters.